The molecule has 0 fully saturated rings. The lowest BCUT2D eigenvalue weighted by Crippen LogP contribution is -2.25. The molecule has 1 aromatic carbocycles. The number of carbonyl (C=O) groups excluding carboxylic acids is 1. The largest absolute Gasteiger partial charge is 0.466 e. The molecule has 2 rings (SSSR count). The average molecular weight is 392 g/mol. The Labute approximate surface area is 152 Å². The molecule has 3 nitrogen and oxygen atoms in total. The molecule has 1 aromatic heterocycles. The van der Waals surface area contributed by atoms with E-state index < -0.39 is 24.5 Å². The number of hydrogen-bond donors (Lipinski definition) is 0. The highest BCUT2D eigenvalue weighted by atomic mass is 35.5. The second kappa shape index (κ2) is 8.06. The SMILES string of the molecule is CCOC(=O)CC(c1ccc(-c2ccc(Cl)cc2Cl)cn1)C(F)(F)F. The Hall–Kier alpha value is -1.79. The Bertz CT molecular complexity index is 749. The Balaban J connectivity index is 2.30. The van der Waals surface area contributed by atoms with Gasteiger partial charge in [0.1, 0.15) is 5.92 Å². The number of ether oxygens (including phenoxy) is 1. The second-order valence-electron chi connectivity index (χ2n) is 5.20. The first-order chi connectivity index (χ1) is 11.7. The summed E-state index contributed by atoms with van der Waals surface area (Å²) < 4.78 is 44.4. The van der Waals surface area contributed by atoms with Gasteiger partial charge in [-0.1, -0.05) is 35.3 Å². The summed E-state index contributed by atoms with van der Waals surface area (Å²) in [5.41, 5.74) is 0.885. The lowest BCUT2D eigenvalue weighted by molar-refractivity contribution is -0.166. The normalized spacial score (nSPS) is 12.7. The fourth-order valence-electron chi connectivity index (χ4n) is 2.27. The molecule has 134 valence electrons. The van der Waals surface area contributed by atoms with Crippen LogP contribution in [0, 0.1) is 0 Å². The summed E-state index contributed by atoms with van der Waals surface area (Å²) in [6, 6.07) is 7.52. The van der Waals surface area contributed by atoms with E-state index in [-0.39, 0.29) is 12.3 Å². The van der Waals surface area contributed by atoms with Crippen LogP contribution < -0.4 is 0 Å². The number of aromatic nitrogens is 1. The number of nitrogens with zero attached hydrogens (tertiary/aromatic N) is 1. The fourth-order valence-corrected chi connectivity index (χ4v) is 2.79. The number of alkyl halides is 3. The molecule has 25 heavy (non-hydrogen) atoms. The lowest BCUT2D eigenvalue weighted by atomic mass is 9.98. The van der Waals surface area contributed by atoms with Gasteiger partial charge in [-0.3, -0.25) is 9.78 Å². The maximum Gasteiger partial charge on any atom is 0.397 e. The Morgan fingerprint density at radius 1 is 1.24 bits per heavy atom. The average Bonchev–Trinajstić information content (AvgIpc) is 2.52. The van der Waals surface area contributed by atoms with Gasteiger partial charge in [-0.15, -0.1) is 0 Å². The minimum atomic E-state index is -4.61. The zero-order valence-electron chi connectivity index (χ0n) is 13.1. The first kappa shape index (κ1) is 19.5. The number of carbonyl (C=O) groups is 1. The quantitative estimate of drug-likeness (QED) is 0.617. The van der Waals surface area contributed by atoms with Gasteiger partial charge in [-0.2, -0.15) is 13.2 Å². The van der Waals surface area contributed by atoms with E-state index in [4.69, 9.17) is 23.2 Å². The van der Waals surface area contributed by atoms with Crippen molar-refractivity contribution in [2.75, 3.05) is 6.61 Å². The molecule has 0 bridgehead atoms. The van der Waals surface area contributed by atoms with Crippen molar-refractivity contribution in [2.45, 2.75) is 25.4 Å². The molecule has 0 aliphatic rings. The molecule has 0 spiro atoms. The van der Waals surface area contributed by atoms with Crippen LogP contribution in [-0.4, -0.2) is 23.7 Å². The third kappa shape index (κ3) is 5.09. The van der Waals surface area contributed by atoms with Gasteiger partial charge in [0.15, 0.2) is 0 Å². The molecule has 0 radical (unpaired) electrons. The van der Waals surface area contributed by atoms with Crippen LogP contribution in [0.15, 0.2) is 36.5 Å². The van der Waals surface area contributed by atoms with Crippen molar-refractivity contribution < 1.29 is 22.7 Å². The van der Waals surface area contributed by atoms with Crippen LogP contribution in [0.4, 0.5) is 13.2 Å². The molecule has 0 saturated heterocycles. The van der Waals surface area contributed by atoms with Gasteiger partial charge < -0.3 is 4.74 Å². The number of pyridine rings is 1. The summed E-state index contributed by atoms with van der Waals surface area (Å²) in [7, 11) is 0. The number of halogens is 5. The van der Waals surface area contributed by atoms with Crippen LogP contribution in [0.2, 0.25) is 10.0 Å². The third-order valence-electron chi connectivity index (χ3n) is 3.46. The van der Waals surface area contributed by atoms with Gasteiger partial charge >= 0.3 is 12.1 Å². The van der Waals surface area contributed by atoms with E-state index in [0.717, 1.165) is 0 Å². The van der Waals surface area contributed by atoms with Crippen LogP contribution in [0.5, 0.6) is 0 Å². The third-order valence-corrected chi connectivity index (χ3v) is 4.00. The van der Waals surface area contributed by atoms with E-state index in [1.54, 1.807) is 12.1 Å². The molecular weight excluding hydrogens is 378 g/mol. The summed E-state index contributed by atoms with van der Waals surface area (Å²) in [4.78, 5) is 15.3. The molecule has 0 N–H and O–H groups in total. The van der Waals surface area contributed by atoms with E-state index in [1.165, 1.54) is 31.3 Å². The molecule has 1 heterocycles. The highest BCUT2D eigenvalue weighted by molar-refractivity contribution is 6.36. The Kier molecular flexibility index (Phi) is 6.30. The van der Waals surface area contributed by atoms with E-state index in [0.29, 0.717) is 21.2 Å². The van der Waals surface area contributed by atoms with E-state index in [2.05, 4.69) is 9.72 Å². The van der Waals surface area contributed by atoms with Crippen molar-refractivity contribution in [2.24, 2.45) is 0 Å². The number of hydrogen-bond acceptors (Lipinski definition) is 3. The van der Waals surface area contributed by atoms with Crippen molar-refractivity contribution in [3.05, 3.63) is 52.3 Å². The predicted octanol–water partition coefficient (Wildman–Crippen LogP) is 5.65. The molecule has 8 heteroatoms. The highest BCUT2D eigenvalue weighted by Crippen LogP contribution is 2.38. The zero-order chi connectivity index (χ0) is 18.6. The molecular formula is C17H14Cl2F3NO2. The minimum absolute atomic E-state index is 0.0187. The van der Waals surface area contributed by atoms with Crippen molar-refractivity contribution in [1.29, 1.82) is 0 Å². The van der Waals surface area contributed by atoms with E-state index in [1.807, 2.05) is 0 Å². The molecule has 0 amide bonds. The molecule has 0 saturated carbocycles. The molecule has 1 atom stereocenters. The van der Waals surface area contributed by atoms with Gasteiger partial charge in [0.2, 0.25) is 0 Å². The Morgan fingerprint density at radius 2 is 1.96 bits per heavy atom. The van der Waals surface area contributed by atoms with E-state index in [9.17, 15) is 18.0 Å². The lowest BCUT2D eigenvalue weighted by Gasteiger charge is -2.19. The summed E-state index contributed by atoms with van der Waals surface area (Å²) in [6.07, 6.45) is -4.14. The van der Waals surface area contributed by atoms with Crippen molar-refractivity contribution >= 4 is 29.2 Å². The molecule has 0 aliphatic heterocycles. The summed E-state index contributed by atoms with van der Waals surface area (Å²) in [5, 5.41) is 0.811. The van der Waals surface area contributed by atoms with Gasteiger partial charge in [0.05, 0.1) is 18.7 Å². The number of rotatable bonds is 5. The Morgan fingerprint density at radius 3 is 2.48 bits per heavy atom. The topological polar surface area (TPSA) is 39.2 Å². The fraction of sp³-hybridized carbons (Fsp3) is 0.294. The van der Waals surface area contributed by atoms with Crippen molar-refractivity contribution in [3.63, 3.8) is 0 Å². The van der Waals surface area contributed by atoms with Crippen LogP contribution >= 0.6 is 23.2 Å². The molecule has 0 aliphatic carbocycles. The zero-order valence-corrected chi connectivity index (χ0v) is 14.6. The summed E-state index contributed by atoms with van der Waals surface area (Å²) in [5.74, 6) is -2.95. The summed E-state index contributed by atoms with van der Waals surface area (Å²) in [6.45, 7) is 1.55. The smallest absolute Gasteiger partial charge is 0.397 e. The van der Waals surface area contributed by atoms with E-state index >= 15 is 0 Å². The number of benzene rings is 1. The minimum Gasteiger partial charge on any atom is -0.466 e. The standard InChI is InChI=1S/C17H14Cl2F3NO2/c1-2-25-16(24)8-13(17(20,21)22)15-6-3-10(9-23-15)12-5-4-11(18)7-14(12)19/h3-7,9,13H,2,8H2,1H3. The van der Waals surface area contributed by atoms with Crippen LogP contribution in [0.3, 0.4) is 0 Å². The highest BCUT2D eigenvalue weighted by Gasteiger charge is 2.43. The summed E-state index contributed by atoms with van der Waals surface area (Å²) >= 11 is 11.9. The molecule has 2 aromatic rings. The predicted molar refractivity (Wildman–Crippen MR) is 89.7 cm³/mol. The van der Waals surface area contributed by atoms with Crippen LogP contribution in [-0.2, 0) is 9.53 Å². The van der Waals surface area contributed by atoms with Gasteiger partial charge in [-0.05, 0) is 25.1 Å². The van der Waals surface area contributed by atoms with Crippen molar-refractivity contribution in [3.8, 4) is 11.1 Å². The second-order valence-corrected chi connectivity index (χ2v) is 6.04. The van der Waals surface area contributed by atoms with Crippen LogP contribution in [0.25, 0.3) is 11.1 Å². The monoisotopic (exact) mass is 391 g/mol. The first-order valence-electron chi connectivity index (χ1n) is 7.36. The molecule has 1 unspecified atom stereocenters. The van der Waals surface area contributed by atoms with Crippen molar-refractivity contribution in [1.82, 2.24) is 4.98 Å². The van der Waals surface area contributed by atoms with Crippen LogP contribution in [0.1, 0.15) is 25.0 Å². The van der Waals surface area contributed by atoms with Gasteiger partial charge in [0.25, 0.3) is 0 Å². The number of esters is 1. The first-order valence-corrected chi connectivity index (χ1v) is 8.11. The maximum atomic E-state index is 13.3. The maximum absolute atomic E-state index is 13.3. The van der Waals surface area contributed by atoms with Gasteiger partial charge in [0, 0.05) is 27.4 Å². The van der Waals surface area contributed by atoms with Gasteiger partial charge in [-0.25, -0.2) is 0 Å².